The number of aromatic nitrogens is 1. The Morgan fingerprint density at radius 2 is 1.91 bits per heavy atom. The molecule has 0 spiro atoms. The molecule has 6 heteroatoms. The Hall–Kier alpha value is -1.68. The normalized spacial score (nSPS) is 15.0. The van der Waals surface area contributed by atoms with E-state index in [-0.39, 0.29) is 0 Å². The summed E-state index contributed by atoms with van der Waals surface area (Å²) in [6.07, 6.45) is 2.28. The lowest BCUT2D eigenvalue weighted by Crippen LogP contribution is -2.16. The lowest BCUT2D eigenvalue weighted by Gasteiger charge is -2.24. The molecule has 23 heavy (non-hydrogen) atoms. The fraction of sp³-hybridized carbons (Fsp3) is 0.353. The predicted octanol–water partition coefficient (Wildman–Crippen LogP) is 3.17. The van der Waals surface area contributed by atoms with Crippen LogP contribution in [0.1, 0.15) is 24.9 Å². The Labute approximate surface area is 137 Å². The smallest absolute Gasteiger partial charge is 0.265 e. The molecule has 0 saturated heterocycles. The van der Waals surface area contributed by atoms with Gasteiger partial charge in [-0.1, -0.05) is 13.0 Å². The van der Waals surface area contributed by atoms with Gasteiger partial charge < -0.3 is 14.5 Å². The van der Waals surface area contributed by atoms with E-state index >= 15 is 0 Å². The van der Waals surface area contributed by atoms with Gasteiger partial charge in [-0.15, -0.1) is 0 Å². The molecule has 0 unspecified atom stereocenters. The minimum absolute atomic E-state index is 0.316. The fourth-order valence-electron chi connectivity index (χ4n) is 2.17. The molecule has 0 amide bonds. The van der Waals surface area contributed by atoms with E-state index in [1.165, 1.54) is 0 Å². The van der Waals surface area contributed by atoms with Crippen LogP contribution in [-0.2, 0) is 9.09 Å². The number of aliphatic hydroxyl groups excluding tert-OH is 1. The van der Waals surface area contributed by atoms with Gasteiger partial charge in [0.05, 0.1) is 12.3 Å². The molecule has 1 aromatic heterocycles. The third kappa shape index (κ3) is 3.99. The van der Waals surface area contributed by atoms with Crippen LogP contribution in [0, 0.1) is 0 Å². The molecule has 0 fully saturated rings. The SMILES string of the molecule is CCCO[P@@](=O)(c1ccc(N(C)C)cc1)[C@H](O)c1ccccn1. The molecule has 2 aromatic rings. The van der Waals surface area contributed by atoms with Gasteiger partial charge in [0.15, 0.2) is 5.85 Å². The first-order valence-corrected chi connectivity index (χ1v) is 9.29. The van der Waals surface area contributed by atoms with Crippen molar-refractivity contribution >= 4 is 18.4 Å². The van der Waals surface area contributed by atoms with Crippen LogP contribution in [0.15, 0.2) is 48.7 Å². The zero-order valence-corrected chi connectivity index (χ0v) is 14.6. The third-order valence-electron chi connectivity index (χ3n) is 3.49. The van der Waals surface area contributed by atoms with E-state index in [1.54, 1.807) is 36.5 Å². The van der Waals surface area contributed by atoms with Crippen LogP contribution in [0.4, 0.5) is 5.69 Å². The molecule has 2 atom stereocenters. The van der Waals surface area contributed by atoms with Gasteiger partial charge in [0.25, 0.3) is 7.37 Å². The van der Waals surface area contributed by atoms with E-state index in [4.69, 9.17) is 4.52 Å². The lowest BCUT2D eigenvalue weighted by atomic mass is 10.3. The lowest BCUT2D eigenvalue weighted by molar-refractivity contribution is 0.211. The average Bonchev–Trinajstić information content (AvgIpc) is 2.59. The summed E-state index contributed by atoms with van der Waals surface area (Å²) in [5, 5.41) is 11.1. The molecule has 0 bridgehead atoms. The summed E-state index contributed by atoms with van der Waals surface area (Å²) in [5.41, 5.74) is 1.34. The van der Waals surface area contributed by atoms with Gasteiger partial charge in [-0.25, -0.2) is 0 Å². The fourth-order valence-corrected chi connectivity index (χ4v) is 4.27. The molecular formula is C17H23N2O3P. The molecule has 0 radical (unpaired) electrons. The Morgan fingerprint density at radius 1 is 1.22 bits per heavy atom. The quantitative estimate of drug-likeness (QED) is 0.788. The van der Waals surface area contributed by atoms with Crippen LogP contribution in [0.5, 0.6) is 0 Å². The number of rotatable bonds is 7. The Balaban J connectivity index is 2.40. The highest BCUT2D eigenvalue weighted by atomic mass is 31.2. The largest absolute Gasteiger partial charge is 0.378 e. The van der Waals surface area contributed by atoms with Crippen molar-refractivity contribution in [3.8, 4) is 0 Å². The van der Waals surface area contributed by atoms with E-state index in [0.717, 1.165) is 5.69 Å². The molecule has 1 N–H and O–H groups in total. The second-order valence-corrected chi connectivity index (χ2v) is 7.93. The third-order valence-corrected chi connectivity index (χ3v) is 5.98. The molecule has 0 aliphatic carbocycles. The second kappa shape index (κ2) is 7.73. The van der Waals surface area contributed by atoms with E-state index in [1.807, 2.05) is 38.1 Å². The summed E-state index contributed by atoms with van der Waals surface area (Å²) in [6.45, 7) is 2.25. The average molecular weight is 334 g/mol. The Kier molecular flexibility index (Phi) is 5.94. The van der Waals surface area contributed by atoms with Gasteiger partial charge in [-0.05, 0) is 42.8 Å². The maximum Gasteiger partial charge on any atom is 0.265 e. The zero-order valence-electron chi connectivity index (χ0n) is 13.7. The van der Waals surface area contributed by atoms with Crippen molar-refractivity contribution in [3.63, 3.8) is 0 Å². The van der Waals surface area contributed by atoms with Crippen molar-refractivity contribution < 1.29 is 14.2 Å². The van der Waals surface area contributed by atoms with Crippen molar-refractivity contribution in [1.29, 1.82) is 0 Å². The van der Waals surface area contributed by atoms with Crippen molar-refractivity contribution in [3.05, 3.63) is 54.4 Å². The maximum absolute atomic E-state index is 13.4. The van der Waals surface area contributed by atoms with Gasteiger partial charge >= 0.3 is 0 Å². The summed E-state index contributed by atoms with van der Waals surface area (Å²) in [6, 6.07) is 12.4. The number of pyridine rings is 1. The van der Waals surface area contributed by atoms with Gasteiger partial charge in [0, 0.05) is 31.3 Å². The summed E-state index contributed by atoms with van der Waals surface area (Å²) < 4.78 is 19.1. The van der Waals surface area contributed by atoms with Gasteiger partial charge in [-0.2, -0.15) is 0 Å². The van der Waals surface area contributed by atoms with Crippen LogP contribution >= 0.6 is 7.37 Å². The van der Waals surface area contributed by atoms with Crippen molar-refractivity contribution in [2.24, 2.45) is 0 Å². The minimum atomic E-state index is -3.48. The highest BCUT2D eigenvalue weighted by Crippen LogP contribution is 2.57. The van der Waals surface area contributed by atoms with Gasteiger partial charge in [-0.3, -0.25) is 9.55 Å². The summed E-state index contributed by atoms with van der Waals surface area (Å²) in [4.78, 5) is 6.07. The van der Waals surface area contributed by atoms with E-state index in [9.17, 15) is 9.67 Å². The molecule has 1 heterocycles. The summed E-state index contributed by atoms with van der Waals surface area (Å²) in [7, 11) is 0.394. The number of hydrogen-bond acceptors (Lipinski definition) is 5. The van der Waals surface area contributed by atoms with Crippen LogP contribution in [0.3, 0.4) is 0 Å². The molecule has 2 rings (SSSR count). The van der Waals surface area contributed by atoms with Crippen molar-refractivity contribution in [1.82, 2.24) is 4.98 Å². The number of nitrogens with zero attached hydrogens (tertiary/aromatic N) is 2. The number of anilines is 1. The number of hydrogen-bond donors (Lipinski definition) is 1. The highest BCUT2D eigenvalue weighted by Gasteiger charge is 2.37. The highest BCUT2D eigenvalue weighted by molar-refractivity contribution is 7.67. The van der Waals surface area contributed by atoms with Crippen LogP contribution in [0.25, 0.3) is 0 Å². The molecule has 1 aromatic carbocycles. The Morgan fingerprint density at radius 3 is 2.43 bits per heavy atom. The first-order valence-electron chi connectivity index (χ1n) is 7.60. The Bertz CT molecular complexity index is 659. The second-order valence-electron chi connectivity index (χ2n) is 5.47. The monoisotopic (exact) mass is 334 g/mol. The van der Waals surface area contributed by atoms with Gasteiger partial charge in [0.1, 0.15) is 0 Å². The molecule has 5 nitrogen and oxygen atoms in total. The van der Waals surface area contributed by atoms with Crippen molar-refractivity contribution in [2.45, 2.75) is 19.2 Å². The molecule has 0 aliphatic rings. The molecule has 0 saturated carbocycles. The van der Waals surface area contributed by atoms with E-state index in [0.29, 0.717) is 24.0 Å². The molecule has 124 valence electrons. The van der Waals surface area contributed by atoms with Crippen LogP contribution in [-0.4, -0.2) is 30.8 Å². The molecular weight excluding hydrogens is 311 g/mol. The summed E-state index contributed by atoms with van der Waals surface area (Å²) in [5.74, 6) is -1.28. The van der Waals surface area contributed by atoms with Crippen LogP contribution < -0.4 is 10.2 Å². The first-order chi connectivity index (χ1) is 11.0. The standard InChI is InChI=1S/C17H23N2O3P/c1-4-13-22-23(21,17(20)16-7-5-6-12-18-16)15-10-8-14(9-11-15)19(2)3/h5-12,17,20H,4,13H2,1-3H3/t17-,23-/m0/s1. The van der Waals surface area contributed by atoms with Crippen LogP contribution in [0.2, 0.25) is 0 Å². The molecule has 0 aliphatic heterocycles. The summed E-state index contributed by atoms with van der Waals surface area (Å²) >= 11 is 0. The zero-order chi connectivity index (χ0) is 16.9. The first kappa shape index (κ1) is 17.7. The topological polar surface area (TPSA) is 62.7 Å². The number of benzene rings is 1. The predicted molar refractivity (Wildman–Crippen MR) is 93.4 cm³/mol. The van der Waals surface area contributed by atoms with E-state index < -0.39 is 13.2 Å². The van der Waals surface area contributed by atoms with Crippen molar-refractivity contribution in [2.75, 3.05) is 25.6 Å². The maximum atomic E-state index is 13.4. The minimum Gasteiger partial charge on any atom is -0.378 e. The van der Waals surface area contributed by atoms with Gasteiger partial charge in [0.2, 0.25) is 0 Å². The van der Waals surface area contributed by atoms with E-state index in [2.05, 4.69) is 4.98 Å². The number of aliphatic hydroxyl groups is 1.